The number of alkyl halides is 2. The van der Waals surface area contributed by atoms with Gasteiger partial charge in [-0.25, -0.2) is 9.78 Å². The number of hydrogen-bond donors (Lipinski definition) is 1. The summed E-state index contributed by atoms with van der Waals surface area (Å²) in [5, 5.41) is 8.58. The zero-order valence-electron chi connectivity index (χ0n) is 9.69. The van der Waals surface area contributed by atoms with Gasteiger partial charge in [-0.3, -0.25) is 0 Å². The largest absolute Gasteiger partial charge is 0.486 e. The molecule has 2 heterocycles. The first kappa shape index (κ1) is 13.4. The number of benzene rings is 1. The van der Waals surface area contributed by atoms with E-state index >= 15 is 0 Å². The molecule has 2 aromatic rings. The molecule has 0 amide bonds. The van der Waals surface area contributed by atoms with E-state index < -0.39 is 18.5 Å². The Balaban J connectivity index is 2.30. The van der Waals surface area contributed by atoms with E-state index in [-0.39, 0.29) is 21.3 Å². The lowest BCUT2D eigenvalue weighted by Gasteiger charge is -2.12. The van der Waals surface area contributed by atoms with Crippen molar-refractivity contribution >= 4 is 33.2 Å². The molecule has 0 saturated carbocycles. The van der Waals surface area contributed by atoms with Gasteiger partial charge in [-0.05, 0) is 18.2 Å². The van der Waals surface area contributed by atoms with E-state index in [4.69, 9.17) is 9.84 Å². The predicted octanol–water partition coefficient (Wildman–Crippen LogP) is 3.76. The number of thiazole rings is 1. The van der Waals surface area contributed by atoms with E-state index in [1.54, 1.807) is 18.2 Å². The second-order valence-corrected chi connectivity index (χ2v) is 6.05. The Morgan fingerprint density at radius 3 is 2.95 bits per heavy atom. The molecule has 0 aliphatic carbocycles. The minimum Gasteiger partial charge on any atom is -0.486 e. The number of rotatable bonds is 1. The fourth-order valence-electron chi connectivity index (χ4n) is 1.89. The normalized spacial score (nSPS) is 15.8. The summed E-state index contributed by atoms with van der Waals surface area (Å²) >= 11 is 3.73. The van der Waals surface area contributed by atoms with Gasteiger partial charge in [0, 0.05) is 10.0 Å². The molecule has 4 nitrogen and oxygen atoms in total. The number of carbonyl (C=O) groups is 1. The SMILES string of the molecule is O=C(O)c1nc2c(s1)C(F)(F)COc1ccc(Br)cc1-2. The fraction of sp³-hybridized carbons (Fsp3) is 0.167. The van der Waals surface area contributed by atoms with E-state index in [2.05, 4.69) is 20.9 Å². The topological polar surface area (TPSA) is 59.4 Å². The van der Waals surface area contributed by atoms with E-state index in [0.29, 0.717) is 21.4 Å². The quantitative estimate of drug-likeness (QED) is 0.840. The number of ether oxygens (including phenoxy) is 1. The van der Waals surface area contributed by atoms with Gasteiger partial charge in [-0.15, -0.1) is 11.3 Å². The number of carboxylic acids is 1. The van der Waals surface area contributed by atoms with Crippen molar-refractivity contribution in [3.05, 3.63) is 32.6 Å². The number of hydrogen-bond acceptors (Lipinski definition) is 4. The summed E-state index contributed by atoms with van der Waals surface area (Å²) < 4.78 is 33.9. The first-order chi connectivity index (χ1) is 9.38. The molecule has 104 valence electrons. The average molecular weight is 362 g/mol. The molecular weight excluding hydrogens is 356 g/mol. The number of nitrogens with zero attached hydrogens (tertiary/aromatic N) is 1. The van der Waals surface area contributed by atoms with Crippen LogP contribution in [0.5, 0.6) is 5.75 Å². The molecule has 0 radical (unpaired) electrons. The van der Waals surface area contributed by atoms with E-state index in [0.717, 1.165) is 0 Å². The summed E-state index contributed by atoms with van der Waals surface area (Å²) in [6.45, 7) is -0.837. The van der Waals surface area contributed by atoms with Crippen molar-refractivity contribution < 1.29 is 23.4 Å². The van der Waals surface area contributed by atoms with Gasteiger partial charge in [-0.1, -0.05) is 15.9 Å². The van der Waals surface area contributed by atoms with Gasteiger partial charge in [0.05, 0.1) is 5.69 Å². The summed E-state index contributed by atoms with van der Waals surface area (Å²) in [6, 6.07) is 4.79. The second kappa shape index (κ2) is 4.49. The van der Waals surface area contributed by atoms with Gasteiger partial charge in [0.25, 0.3) is 0 Å². The van der Waals surface area contributed by atoms with Gasteiger partial charge in [0.2, 0.25) is 5.01 Å². The third kappa shape index (κ3) is 2.08. The Bertz CT molecular complexity index is 717. The number of carboxylic acid groups (broad SMARTS) is 1. The van der Waals surface area contributed by atoms with Crippen LogP contribution in [0.3, 0.4) is 0 Å². The Hall–Kier alpha value is -1.54. The molecule has 0 atom stereocenters. The Morgan fingerprint density at radius 2 is 2.25 bits per heavy atom. The summed E-state index contributed by atoms with van der Waals surface area (Å²) in [7, 11) is 0. The highest BCUT2D eigenvalue weighted by atomic mass is 79.9. The molecule has 1 aliphatic heterocycles. The maximum atomic E-state index is 14.0. The van der Waals surface area contributed by atoms with Crippen LogP contribution in [0.2, 0.25) is 0 Å². The van der Waals surface area contributed by atoms with Crippen molar-refractivity contribution in [2.45, 2.75) is 5.92 Å². The first-order valence-corrected chi connectivity index (χ1v) is 7.04. The molecule has 0 fully saturated rings. The van der Waals surface area contributed by atoms with Crippen molar-refractivity contribution in [2.24, 2.45) is 0 Å². The van der Waals surface area contributed by atoms with Crippen LogP contribution in [0.15, 0.2) is 22.7 Å². The molecule has 0 unspecified atom stereocenters. The van der Waals surface area contributed by atoms with Crippen LogP contribution in [0.25, 0.3) is 11.3 Å². The fourth-order valence-corrected chi connectivity index (χ4v) is 3.13. The molecule has 0 spiro atoms. The Kier molecular flexibility index (Phi) is 3.02. The highest BCUT2D eigenvalue weighted by molar-refractivity contribution is 9.10. The number of fused-ring (bicyclic) bond motifs is 3. The van der Waals surface area contributed by atoms with E-state index in [1.165, 1.54) is 0 Å². The van der Waals surface area contributed by atoms with E-state index in [9.17, 15) is 13.6 Å². The summed E-state index contributed by atoms with van der Waals surface area (Å²) in [4.78, 5) is 14.4. The van der Waals surface area contributed by atoms with Crippen LogP contribution < -0.4 is 4.74 Å². The van der Waals surface area contributed by atoms with Gasteiger partial charge in [0.15, 0.2) is 6.61 Å². The number of aromatic nitrogens is 1. The van der Waals surface area contributed by atoms with Crippen LogP contribution >= 0.6 is 27.3 Å². The number of halogens is 3. The van der Waals surface area contributed by atoms with Gasteiger partial charge < -0.3 is 9.84 Å². The molecule has 1 aliphatic rings. The monoisotopic (exact) mass is 361 g/mol. The summed E-state index contributed by atoms with van der Waals surface area (Å²) in [5.74, 6) is -4.34. The summed E-state index contributed by atoms with van der Waals surface area (Å²) in [6.07, 6.45) is 0. The van der Waals surface area contributed by atoms with Crippen molar-refractivity contribution in [3.8, 4) is 17.0 Å². The minimum atomic E-state index is -3.27. The van der Waals surface area contributed by atoms with Gasteiger partial charge in [-0.2, -0.15) is 8.78 Å². The second-order valence-electron chi connectivity index (χ2n) is 4.14. The highest BCUT2D eigenvalue weighted by Crippen LogP contribution is 2.46. The molecule has 1 N–H and O–H groups in total. The lowest BCUT2D eigenvalue weighted by Crippen LogP contribution is -2.20. The van der Waals surface area contributed by atoms with E-state index in [1.807, 2.05) is 0 Å². The molecule has 3 rings (SSSR count). The molecule has 0 bridgehead atoms. The zero-order chi connectivity index (χ0) is 14.5. The molecule has 0 saturated heterocycles. The smallest absolute Gasteiger partial charge is 0.365 e. The van der Waals surface area contributed by atoms with Crippen LogP contribution in [-0.2, 0) is 5.92 Å². The average Bonchev–Trinajstić information content (AvgIpc) is 2.79. The van der Waals surface area contributed by atoms with Crippen molar-refractivity contribution in [1.29, 1.82) is 0 Å². The third-order valence-electron chi connectivity index (χ3n) is 2.75. The number of aromatic carboxylic acids is 1. The van der Waals surface area contributed by atoms with Crippen LogP contribution in [0.1, 0.15) is 14.7 Å². The third-order valence-corrected chi connectivity index (χ3v) is 4.40. The predicted molar refractivity (Wildman–Crippen MR) is 71.6 cm³/mol. The molecule has 8 heteroatoms. The lowest BCUT2D eigenvalue weighted by molar-refractivity contribution is -0.0412. The zero-order valence-corrected chi connectivity index (χ0v) is 12.1. The molecule has 1 aromatic heterocycles. The Morgan fingerprint density at radius 1 is 1.50 bits per heavy atom. The summed E-state index contributed by atoms with van der Waals surface area (Å²) in [5.41, 5.74) is 0.321. The maximum Gasteiger partial charge on any atom is 0.365 e. The van der Waals surface area contributed by atoms with Crippen molar-refractivity contribution in [2.75, 3.05) is 6.61 Å². The lowest BCUT2D eigenvalue weighted by atomic mass is 10.1. The minimum absolute atomic E-state index is 0.0359. The van der Waals surface area contributed by atoms with Gasteiger partial charge in [0.1, 0.15) is 10.6 Å². The standard InChI is InChI=1S/C12H6BrF2NO3S/c13-5-1-2-7-6(3-5)8-9(12(14,15)4-19-7)20-10(16-8)11(17)18/h1-3H,4H2,(H,17,18). The molecular formula is C12H6BrF2NO3S. The highest BCUT2D eigenvalue weighted by Gasteiger charge is 2.42. The molecule has 1 aromatic carbocycles. The Labute approximate surface area is 124 Å². The van der Waals surface area contributed by atoms with Crippen LogP contribution in [-0.4, -0.2) is 22.7 Å². The van der Waals surface area contributed by atoms with Crippen molar-refractivity contribution in [1.82, 2.24) is 4.98 Å². The van der Waals surface area contributed by atoms with Gasteiger partial charge >= 0.3 is 11.9 Å². The van der Waals surface area contributed by atoms with Crippen molar-refractivity contribution in [3.63, 3.8) is 0 Å². The first-order valence-electron chi connectivity index (χ1n) is 5.43. The van der Waals surface area contributed by atoms with Crippen LogP contribution in [0, 0.1) is 0 Å². The van der Waals surface area contributed by atoms with Crippen LogP contribution in [0.4, 0.5) is 8.78 Å². The molecule has 20 heavy (non-hydrogen) atoms. The maximum absolute atomic E-state index is 14.0.